The summed E-state index contributed by atoms with van der Waals surface area (Å²) in [5, 5.41) is 15.2. The number of fused-ring (bicyclic) bond motifs is 2. The van der Waals surface area contributed by atoms with Gasteiger partial charge >= 0.3 is 17.6 Å². The maximum atomic E-state index is 12.7. The number of methoxy groups -OCH3 is 1. The molecule has 2 aromatic heterocycles. The normalized spacial score (nSPS) is 14.2. The molecule has 4 amide bonds. The van der Waals surface area contributed by atoms with Gasteiger partial charge in [-0.25, -0.2) is 9.59 Å². The first-order chi connectivity index (χ1) is 35.5. The van der Waals surface area contributed by atoms with Crippen LogP contribution < -0.4 is 26.0 Å². The zero-order chi connectivity index (χ0) is 50.6. The van der Waals surface area contributed by atoms with E-state index < -0.39 is 11.5 Å². The summed E-state index contributed by atoms with van der Waals surface area (Å²) < 4.78 is 53.7. The van der Waals surface area contributed by atoms with Crippen LogP contribution in [0.4, 0.5) is 45.5 Å². The quantitative estimate of drug-likeness (QED) is 0.0874. The van der Waals surface area contributed by atoms with Crippen molar-refractivity contribution in [3.05, 3.63) is 169 Å². The second-order valence-electron chi connectivity index (χ2n) is 17.2. The molecule has 2 saturated heterocycles. The van der Waals surface area contributed by atoms with E-state index in [-0.39, 0.29) is 22.7 Å². The number of benzene rings is 6. The van der Waals surface area contributed by atoms with Crippen LogP contribution in [0.5, 0.6) is 5.75 Å². The number of pyridine rings is 2. The summed E-state index contributed by atoms with van der Waals surface area (Å²) in [6, 6.07) is 43.8. The Balaban J connectivity index is 0.000000180. The van der Waals surface area contributed by atoms with Gasteiger partial charge in [-0.3, -0.25) is 19.8 Å². The number of ether oxygens (including phenoxy) is 3. The maximum absolute atomic E-state index is 12.7. The number of halogens is 3. The summed E-state index contributed by atoms with van der Waals surface area (Å²) in [6.45, 7) is 8.34. The van der Waals surface area contributed by atoms with Crippen LogP contribution in [-0.4, -0.2) is 97.1 Å². The topological polar surface area (TPSA) is 142 Å². The number of alkyl halides is 3. The Hall–Kier alpha value is -7.54. The minimum Gasteiger partial charge on any atom is -0.497 e. The summed E-state index contributed by atoms with van der Waals surface area (Å²) in [6.07, 6.45) is 3.80. The summed E-state index contributed by atoms with van der Waals surface area (Å²) in [5.41, 5.74) is 4.17. The molecule has 4 heterocycles. The Morgan fingerprint density at radius 3 is 1.49 bits per heavy atom. The molecular formula is C56H53F3N8O5S. The summed E-state index contributed by atoms with van der Waals surface area (Å²) in [4.78, 5) is 39.5. The van der Waals surface area contributed by atoms with Crippen molar-refractivity contribution in [3.8, 4) is 28.0 Å². The van der Waals surface area contributed by atoms with Gasteiger partial charge in [-0.05, 0) is 94.3 Å². The average molecular weight is 1010 g/mol. The SMILES string of the molecule is COc1cccc(NC(=O)Nc2ccc(-c3ccc(CN4CCOCC4)nc3)c3ccccc23)c1.O=C(Nc1ccc(SC(F)(F)F)cc1)Nc1ccc(-c2ccc(CN3CCOCC3)nc2)c2ccccc12. The molecule has 13 nitrogen and oxygen atoms in total. The Bertz CT molecular complexity index is 3150. The number of nitrogens with zero attached hydrogens (tertiary/aromatic N) is 4. The molecule has 2 fully saturated rings. The maximum Gasteiger partial charge on any atom is 0.446 e. The van der Waals surface area contributed by atoms with Crippen LogP contribution in [0.15, 0.2) is 163 Å². The number of carbonyl (C=O) groups excluding carboxylic acids is 2. The Kier molecular flexibility index (Phi) is 16.4. The molecule has 374 valence electrons. The lowest BCUT2D eigenvalue weighted by Gasteiger charge is -2.26. The number of anilines is 4. The number of urea groups is 2. The van der Waals surface area contributed by atoms with Gasteiger partial charge in [0.15, 0.2) is 0 Å². The van der Waals surface area contributed by atoms with Crippen molar-refractivity contribution in [2.45, 2.75) is 23.5 Å². The van der Waals surface area contributed by atoms with Gasteiger partial charge < -0.3 is 35.5 Å². The van der Waals surface area contributed by atoms with Gasteiger partial charge in [-0.15, -0.1) is 0 Å². The van der Waals surface area contributed by atoms with Crippen molar-refractivity contribution in [2.24, 2.45) is 0 Å². The first kappa shape index (κ1) is 50.4. The molecule has 10 rings (SSSR count). The van der Waals surface area contributed by atoms with E-state index in [9.17, 15) is 22.8 Å². The van der Waals surface area contributed by atoms with Crippen LogP contribution >= 0.6 is 11.8 Å². The fraction of sp³-hybridized carbons (Fsp3) is 0.214. The molecule has 6 aromatic carbocycles. The highest BCUT2D eigenvalue weighted by molar-refractivity contribution is 8.00. The molecule has 0 bridgehead atoms. The zero-order valence-electron chi connectivity index (χ0n) is 40.0. The van der Waals surface area contributed by atoms with Crippen LogP contribution in [0.2, 0.25) is 0 Å². The van der Waals surface area contributed by atoms with E-state index in [1.165, 1.54) is 24.3 Å². The van der Waals surface area contributed by atoms with Crippen LogP contribution in [0.25, 0.3) is 43.8 Å². The third-order valence-electron chi connectivity index (χ3n) is 12.3. The number of thioether (sulfide) groups is 1. The lowest BCUT2D eigenvalue weighted by Crippen LogP contribution is -2.35. The molecule has 73 heavy (non-hydrogen) atoms. The van der Waals surface area contributed by atoms with Gasteiger partial charge in [-0.2, -0.15) is 13.2 Å². The Morgan fingerprint density at radius 2 is 1.04 bits per heavy atom. The van der Waals surface area contributed by atoms with Crippen molar-refractivity contribution < 1.29 is 37.0 Å². The number of carbonyl (C=O) groups is 2. The number of morpholine rings is 2. The molecule has 0 aliphatic carbocycles. The Morgan fingerprint density at radius 1 is 0.562 bits per heavy atom. The standard InChI is InChI=1S/C28H25F3N4O2S.C28H28N4O3/c29-28(30,31)38-22-9-7-20(8-10-22)33-27(36)34-26-12-11-23(24-3-1-2-4-25(24)26)19-5-6-21(32-17-19)18-35-13-15-37-16-14-35;1-34-23-6-4-5-21(17-23)30-28(33)31-27-12-11-24(25-7-2-3-8-26(25)27)20-9-10-22(29-18-20)19-32-13-15-35-16-14-32/h1-12,17H,13-16,18H2,(H2,33,34,36);2-12,17-18H,13-16,19H2,1H3,(H2,30,31,33). The molecule has 2 aliphatic heterocycles. The number of hydrogen-bond donors (Lipinski definition) is 4. The highest BCUT2D eigenvalue weighted by Gasteiger charge is 2.29. The summed E-state index contributed by atoms with van der Waals surface area (Å²) in [5.74, 6) is 0.683. The van der Waals surface area contributed by atoms with Crippen molar-refractivity contribution in [1.82, 2.24) is 19.8 Å². The number of aromatic nitrogens is 2. The van der Waals surface area contributed by atoms with E-state index in [2.05, 4.69) is 60.3 Å². The van der Waals surface area contributed by atoms with Gasteiger partial charge in [0.25, 0.3) is 0 Å². The summed E-state index contributed by atoms with van der Waals surface area (Å²) >= 11 is -0.199. The number of amides is 4. The molecule has 8 aromatic rings. The molecule has 4 N–H and O–H groups in total. The van der Waals surface area contributed by atoms with Crippen molar-refractivity contribution in [3.63, 3.8) is 0 Å². The molecule has 0 saturated carbocycles. The third-order valence-corrected chi connectivity index (χ3v) is 13.0. The number of nitrogens with one attached hydrogen (secondary N) is 4. The second-order valence-corrected chi connectivity index (χ2v) is 18.4. The van der Waals surface area contributed by atoms with Crippen LogP contribution in [0, 0.1) is 0 Å². The molecule has 0 unspecified atom stereocenters. The molecule has 0 radical (unpaired) electrons. The third kappa shape index (κ3) is 13.7. The number of rotatable bonds is 12. The summed E-state index contributed by atoms with van der Waals surface area (Å²) in [7, 11) is 1.60. The van der Waals surface area contributed by atoms with Crippen molar-refractivity contribution >= 4 is 68.1 Å². The van der Waals surface area contributed by atoms with Gasteiger partial charge in [0.1, 0.15) is 5.75 Å². The monoisotopic (exact) mass is 1010 g/mol. The van der Waals surface area contributed by atoms with Gasteiger partial charge in [-0.1, -0.05) is 78.9 Å². The predicted octanol–water partition coefficient (Wildman–Crippen LogP) is 12.4. The second kappa shape index (κ2) is 23.8. The van der Waals surface area contributed by atoms with Crippen molar-refractivity contribution in [2.75, 3.05) is 81.0 Å². The van der Waals surface area contributed by atoms with Crippen molar-refractivity contribution in [1.29, 1.82) is 0 Å². The lowest BCUT2D eigenvalue weighted by atomic mass is 9.98. The predicted molar refractivity (Wildman–Crippen MR) is 283 cm³/mol. The van der Waals surface area contributed by atoms with Crippen LogP contribution in [0.3, 0.4) is 0 Å². The van der Waals surface area contributed by atoms with E-state index in [1.54, 1.807) is 13.2 Å². The van der Waals surface area contributed by atoms with E-state index in [1.807, 2.05) is 103 Å². The molecule has 0 atom stereocenters. The molecular weight excluding hydrogens is 954 g/mol. The number of hydrogen-bond acceptors (Lipinski definition) is 10. The average Bonchev–Trinajstić information content (AvgIpc) is 3.40. The minimum absolute atomic E-state index is 0.0497. The van der Waals surface area contributed by atoms with E-state index >= 15 is 0 Å². The highest BCUT2D eigenvalue weighted by Crippen LogP contribution is 2.38. The van der Waals surface area contributed by atoms with Gasteiger partial charge in [0.2, 0.25) is 0 Å². The van der Waals surface area contributed by atoms with E-state index in [4.69, 9.17) is 19.2 Å². The fourth-order valence-corrected chi connectivity index (χ4v) is 9.20. The lowest BCUT2D eigenvalue weighted by molar-refractivity contribution is -0.0328. The minimum atomic E-state index is -4.36. The largest absolute Gasteiger partial charge is 0.497 e. The highest BCUT2D eigenvalue weighted by atomic mass is 32.2. The first-order valence-corrected chi connectivity index (χ1v) is 24.6. The van der Waals surface area contributed by atoms with Crippen LogP contribution in [-0.2, 0) is 22.6 Å². The zero-order valence-corrected chi connectivity index (χ0v) is 40.8. The fourth-order valence-electron chi connectivity index (χ4n) is 8.66. The molecule has 0 spiro atoms. The van der Waals surface area contributed by atoms with Crippen LogP contribution in [0.1, 0.15) is 11.4 Å². The van der Waals surface area contributed by atoms with Gasteiger partial charge in [0.05, 0.1) is 56.3 Å². The Labute approximate surface area is 425 Å². The first-order valence-electron chi connectivity index (χ1n) is 23.7. The van der Waals surface area contributed by atoms with Gasteiger partial charge in [0, 0.05) is 95.9 Å². The van der Waals surface area contributed by atoms with E-state index in [0.717, 1.165) is 127 Å². The smallest absolute Gasteiger partial charge is 0.446 e. The van der Waals surface area contributed by atoms with E-state index in [0.29, 0.717) is 22.8 Å². The molecule has 2 aliphatic rings. The molecule has 17 heteroatoms.